The van der Waals surface area contributed by atoms with Gasteiger partial charge in [0.25, 0.3) is 5.95 Å². The number of amides is 1. The summed E-state index contributed by atoms with van der Waals surface area (Å²) in [7, 11) is 1.60. The number of aromatic nitrogens is 4. The molecule has 19 heavy (non-hydrogen) atoms. The number of amidine groups is 1. The first kappa shape index (κ1) is 15.0. The molecule has 0 spiro atoms. The molecular formula is C10H18FN7O. The van der Waals surface area contributed by atoms with E-state index in [1.807, 2.05) is 0 Å². The van der Waals surface area contributed by atoms with Crippen molar-refractivity contribution in [3.05, 3.63) is 0 Å². The average Bonchev–Trinajstić information content (AvgIpc) is 2.95. The van der Waals surface area contributed by atoms with Crippen molar-refractivity contribution in [3.8, 4) is 0 Å². The molecule has 1 rings (SSSR count). The lowest BCUT2D eigenvalue weighted by atomic mass is 10.2. The molecule has 0 saturated carbocycles. The molecule has 0 fully saturated rings. The Labute approximate surface area is 110 Å². The molecule has 3 N–H and O–H groups in total. The van der Waals surface area contributed by atoms with Gasteiger partial charge in [0.05, 0.1) is 0 Å². The molecule has 0 aliphatic rings. The number of halogens is 1. The Hall–Kier alpha value is -2.06. The van der Waals surface area contributed by atoms with Crippen molar-refractivity contribution in [2.24, 2.45) is 10.7 Å². The SMILES string of the molecule is CN(C(=O)CCCCCN=C(N)CF)c1nn[nH]n1. The lowest BCUT2D eigenvalue weighted by molar-refractivity contribution is -0.118. The van der Waals surface area contributed by atoms with Gasteiger partial charge >= 0.3 is 0 Å². The molecule has 0 atom stereocenters. The highest BCUT2D eigenvalue weighted by Gasteiger charge is 2.13. The number of unbranched alkanes of at least 4 members (excludes halogenated alkanes) is 2. The zero-order chi connectivity index (χ0) is 14.1. The first-order chi connectivity index (χ1) is 9.15. The highest BCUT2D eigenvalue weighted by Crippen LogP contribution is 2.07. The van der Waals surface area contributed by atoms with Gasteiger partial charge in [-0.05, 0) is 18.1 Å². The second kappa shape index (κ2) is 8.11. The van der Waals surface area contributed by atoms with Crippen molar-refractivity contribution in [2.45, 2.75) is 25.7 Å². The highest BCUT2D eigenvalue weighted by molar-refractivity contribution is 5.90. The van der Waals surface area contributed by atoms with E-state index in [2.05, 4.69) is 25.6 Å². The van der Waals surface area contributed by atoms with E-state index in [0.29, 0.717) is 13.0 Å². The first-order valence-electron chi connectivity index (χ1n) is 6.00. The Balaban J connectivity index is 2.14. The lowest BCUT2D eigenvalue weighted by Gasteiger charge is -2.11. The number of H-pyrrole nitrogens is 1. The number of aromatic amines is 1. The lowest BCUT2D eigenvalue weighted by Crippen LogP contribution is -2.27. The number of nitrogens with two attached hydrogens (primary N) is 1. The van der Waals surface area contributed by atoms with E-state index in [-0.39, 0.29) is 17.7 Å². The van der Waals surface area contributed by atoms with Crippen LogP contribution < -0.4 is 10.6 Å². The number of alkyl halides is 1. The van der Waals surface area contributed by atoms with Gasteiger partial charge in [-0.15, -0.1) is 5.10 Å². The average molecular weight is 271 g/mol. The number of anilines is 1. The van der Waals surface area contributed by atoms with E-state index in [1.165, 1.54) is 4.90 Å². The van der Waals surface area contributed by atoms with Crippen LogP contribution in [0.15, 0.2) is 4.99 Å². The van der Waals surface area contributed by atoms with Crippen molar-refractivity contribution < 1.29 is 9.18 Å². The van der Waals surface area contributed by atoms with E-state index in [4.69, 9.17) is 5.73 Å². The Morgan fingerprint density at radius 1 is 1.47 bits per heavy atom. The number of rotatable bonds is 8. The second-order valence-corrected chi connectivity index (χ2v) is 3.98. The van der Waals surface area contributed by atoms with Crippen LogP contribution >= 0.6 is 0 Å². The summed E-state index contributed by atoms with van der Waals surface area (Å²) in [6.07, 6.45) is 2.73. The van der Waals surface area contributed by atoms with Gasteiger partial charge in [0.15, 0.2) is 0 Å². The fraction of sp³-hybridized carbons (Fsp3) is 0.700. The van der Waals surface area contributed by atoms with Crippen LogP contribution in [-0.2, 0) is 4.79 Å². The molecule has 0 unspecified atom stereocenters. The fourth-order valence-electron chi connectivity index (χ4n) is 1.41. The van der Waals surface area contributed by atoms with E-state index in [9.17, 15) is 9.18 Å². The molecular weight excluding hydrogens is 253 g/mol. The topological polar surface area (TPSA) is 113 Å². The van der Waals surface area contributed by atoms with Crippen LogP contribution in [0.25, 0.3) is 0 Å². The molecule has 1 amide bonds. The maximum absolute atomic E-state index is 12.0. The van der Waals surface area contributed by atoms with Crippen LogP contribution in [0.1, 0.15) is 25.7 Å². The molecule has 1 aromatic heterocycles. The smallest absolute Gasteiger partial charge is 0.272 e. The van der Waals surface area contributed by atoms with Gasteiger partial charge in [0.1, 0.15) is 12.5 Å². The van der Waals surface area contributed by atoms with E-state index in [0.717, 1.165) is 19.3 Å². The summed E-state index contributed by atoms with van der Waals surface area (Å²) in [5.41, 5.74) is 5.22. The molecule has 0 aromatic carbocycles. The Bertz CT molecular complexity index is 406. The van der Waals surface area contributed by atoms with E-state index in [1.54, 1.807) is 7.05 Å². The number of nitrogens with zero attached hydrogens (tertiary/aromatic N) is 5. The van der Waals surface area contributed by atoms with E-state index >= 15 is 0 Å². The monoisotopic (exact) mass is 271 g/mol. The number of carbonyl (C=O) groups excluding carboxylic acids is 1. The van der Waals surface area contributed by atoms with Gasteiger partial charge in [-0.3, -0.25) is 14.7 Å². The molecule has 0 radical (unpaired) electrons. The maximum atomic E-state index is 12.0. The molecule has 0 aliphatic carbocycles. The minimum atomic E-state index is -0.714. The molecule has 9 heteroatoms. The standard InChI is InChI=1S/C10H18FN7O/c1-18(10-14-16-17-15-10)9(19)5-3-2-4-6-13-8(12)7-11/h2-7H2,1H3,(H2,12,13)(H,14,15,16,17). The summed E-state index contributed by atoms with van der Waals surface area (Å²) in [6, 6.07) is 0. The molecule has 8 nitrogen and oxygen atoms in total. The van der Waals surface area contributed by atoms with Crippen LogP contribution in [0.5, 0.6) is 0 Å². The summed E-state index contributed by atoms with van der Waals surface area (Å²) in [6.45, 7) is -0.224. The van der Waals surface area contributed by atoms with Gasteiger partial charge in [-0.1, -0.05) is 11.5 Å². The molecule has 106 valence electrons. The number of aliphatic imine (C=N–C) groups is 1. The third-order valence-electron chi connectivity index (χ3n) is 2.51. The summed E-state index contributed by atoms with van der Waals surface area (Å²) in [5.74, 6) is 0.200. The van der Waals surface area contributed by atoms with Gasteiger partial charge in [-0.25, -0.2) is 4.39 Å². The second-order valence-electron chi connectivity index (χ2n) is 3.98. The molecule has 1 heterocycles. The Morgan fingerprint density at radius 2 is 2.26 bits per heavy atom. The van der Waals surface area contributed by atoms with Crippen LogP contribution in [0.2, 0.25) is 0 Å². The number of nitrogens with one attached hydrogen (secondary N) is 1. The maximum Gasteiger partial charge on any atom is 0.272 e. The molecule has 1 aromatic rings. The highest BCUT2D eigenvalue weighted by atomic mass is 19.1. The predicted molar refractivity (Wildman–Crippen MR) is 68.5 cm³/mol. The van der Waals surface area contributed by atoms with Gasteiger partial charge in [0.2, 0.25) is 5.91 Å². The van der Waals surface area contributed by atoms with Gasteiger partial charge in [-0.2, -0.15) is 5.21 Å². The summed E-state index contributed by atoms with van der Waals surface area (Å²) < 4.78 is 12.0. The minimum absolute atomic E-state index is 0.0212. The van der Waals surface area contributed by atoms with Crippen molar-refractivity contribution in [3.63, 3.8) is 0 Å². The quantitative estimate of drug-likeness (QED) is 0.394. The predicted octanol–water partition coefficient (Wildman–Crippen LogP) is 0.0496. The Morgan fingerprint density at radius 3 is 2.89 bits per heavy atom. The van der Waals surface area contributed by atoms with E-state index < -0.39 is 6.67 Å². The van der Waals surface area contributed by atoms with Gasteiger partial charge in [0, 0.05) is 20.0 Å². The first-order valence-corrected chi connectivity index (χ1v) is 6.00. The molecule has 0 bridgehead atoms. The van der Waals surface area contributed by atoms with Crippen LogP contribution in [0, 0.1) is 0 Å². The van der Waals surface area contributed by atoms with Crippen LogP contribution in [-0.4, -0.2) is 52.6 Å². The molecule has 0 saturated heterocycles. The zero-order valence-electron chi connectivity index (χ0n) is 10.8. The Kier molecular flexibility index (Phi) is 6.41. The van der Waals surface area contributed by atoms with Crippen molar-refractivity contribution in [1.82, 2.24) is 20.6 Å². The summed E-state index contributed by atoms with van der Waals surface area (Å²) >= 11 is 0. The van der Waals surface area contributed by atoms with Crippen molar-refractivity contribution in [2.75, 3.05) is 25.2 Å². The third-order valence-corrected chi connectivity index (χ3v) is 2.51. The number of hydrogen-bond acceptors (Lipinski definition) is 5. The molecule has 0 aliphatic heterocycles. The van der Waals surface area contributed by atoms with Crippen molar-refractivity contribution >= 4 is 17.7 Å². The summed E-state index contributed by atoms with van der Waals surface area (Å²) in [5, 5.41) is 13.1. The normalized spacial score (nSPS) is 11.6. The number of tetrazole rings is 1. The van der Waals surface area contributed by atoms with Crippen LogP contribution in [0.4, 0.5) is 10.3 Å². The summed E-state index contributed by atoms with van der Waals surface area (Å²) in [4.78, 5) is 16.9. The third kappa shape index (κ3) is 5.40. The fourth-order valence-corrected chi connectivity index (χ4v) is 1.41. The zero-order valence-corrected chi connectivity index (χ0v) is 10.8. The largest absolute Gasteiger partial charge is 0.385 e. The van der Waals surface area contributed by atoms with Crippen molar-refractivity contribution in [1.29, 1.82) is 0 Å². The number of hydrogen-bond donors (Lipinski definition) is 2. The van der Waals surface area contributed by atoms with Gasteiger partial charge < -0.3 is 5.73 Å². The number of carbonyl (C=O) groups is 1. The minimum Gasteiger partial charge on any atom is -0.385 e. The van der Waals surface area contributed by atoms with Crippen LogP contribution in [0.3, 0.4) is 0 Å².